The van der Waals surface area contributed by atoms with Gasteiger partial charge in [0.1, 0.15) is 0 Å². The number of rotatable bonds is 7. The SMILES string of the molecule is COc1ccc(C(=O)NCC(=O)NN=Cc2ccccc2)cc1OC. The molecule has 0 atom stereocenters. The molecule has 0 bridgehead atoms. The topological polar surface area (TPSA) is 89.0 Å². The standard InChI is InChI=1S/C18H19N3O4/c1-24-15-9-8-14(10-16(15)25-2)18(23)19-12-17(22)21-20-11-13-6-4-3-5-7-13/h3-11H,12H2,1-2H3,(H,19,23)(H,21,22). The maximum atomic E-state index is 12.1. The van der Waals surface area contributed by atoms with Crippen LogP contribution in [0.3, 0.4) is 0 Å². The molecule has 2 amide bonds. The molecular formula is C18H19N3O4. The van der Waals surface area contributed by atoms with Crippen LogP contribution < -0.4 is 20.2 Å². The van der Waals surface area contributed by atoms with Gasteiger partial charge in [-0.1, -0.05) is 30.3 Å². The second-order valence-electron chi connectivity index (χ2n) is 4.96. The molecule has 0 aliphatic heterocycles. The summed E-state index contributed by atoms with van der Waals surface area (Å²) < 4.78 is 10.3. The summed E-state index contributed by atoms with van der Waals surface area (Å²) >= 11 is 0. The molecule has 0 saturated heterocycles. The Balaban J connectivity index is 1.85. The van der Waals surface area contributed by atoms with Crippen LogP contribution in [-0.4, -0.2) is 38.8 Å². The first-order valence-corrected chi connectivity index (χ1v) is 7.51. The third-order valence-corrected chi connectivity index (χ3v) is 3.26. The summed E-state index contributed by atoms with van der Waals surface area (Å²) in [6.45, 7) is -0.195. The predicted molar refractivity (Wildman–Crippen MR) is 94.1 cm³/mol. The minimum absolute atomic E-state index is 0.195. The van der Waals surface area contributed by atoms with Crippen LogP contribution in [0.4, 0.5) is 0 Å². The number of nitrogens with one attached hydrogen (secondary N) is 2. The summed E-state index contributed by atoms with van der Waals surface area (Å²) in [6.07, 6.45) is 1.52. The number of benzene rings is 2. The molecule has 0 heterocycles. The van der Waals surface area contributed by atoms with Crippen molar-refractivity contribution >= 4 is 18.0 Å². The molecule has 2 aromatic carbocycles. The summed E-state index contributed by atoms with van der Waals surface area (Å²) in [4.78, 5) is 23.8. The first-order chi connectivity index (χ1) is 12.1. The Morgan fingerprint density at radius 2 is 1.76 bits per heavy atom. The van der Waals surface area contributed by atoms with Crippen LogP contribution >= 0.6 is 0 Å². The van der Waals surface area contributed by atoms with Gasteiger partial charge in [-0.15, -0.1) is 0 Å². The lowest BCUT2D eigenvalue weighted by Gasteiger charge is -2.09. The minimum atomic E-state index is -0.430. The highest BCUT2D eigenvalue weighted by Gasteiger charge is 2.11. The Morgan fingerprint density at radius 3 is 2.44 bits per heavy atom. The van der Waals surface area contributed by atoms with Gasteiger partial charge in [0.25, 0.3) is 11.8 Å². The molecule has 0 aliphatic rings. The van der Waals surface area contributed by atoms with Gasteiger partial charge in [-0.05, 0) is 23.8 Å². The normalized spacial score (nSPS) is 10.3. The van der Waals surface area contributed by atoms with Crippen LogP contribution in [0.2, 0.25) is 0 Å². The van der Waals surface area contributed by atoms with Crippen molar-refractivity contribution in [3.05, 3.63) is 59.7 Å². The number of carbonyl (C=O) groups excluding carboxylic acids is 2. The van der Waals surface area contributed by atoms with Gasteiger partial charge in [0.2, 0.25) is 0 Å². The van der Waals surface area contributed by atoms with E-state index in [0.717, 1.165) is 5.56 Å². The highest BCUT2D eigenvalue weighted by atomic mass is 16.5. The largest absolute Gasteiger partial charge is 0.493 e. The summed E-state index contributed by atoms with van der Waals surface area (Å²) in [5, 5.41) is 6.34. The van der Waals surface area contributed by atoms with Gasteiger partial charge >= 0.3 is 0 Å². The first kappa shape index (κ1) is 18.0. The molecule has 0 saturated carbocycles. The third kappa shape index (κ3) is 5.35. The van der Waals surface area contributed by atoms with Crippen molar-refractivity contribution in [2.45, 2.75) is 0 Å². The lowest BCUT2D eigenvalue weighted by atomic mass is 10.2. The highest BCUT2D eigenvalue weighted by Crippen LogP contribution is 2.27. The van der Waals surface area contributed by atoms with Crippen molar-refractivity contribution < 1.29 is 19.1 Å². The second-order valence-corrected chi connectivity index (χ2v) is 4.96. The summed E-state index contributed by atoms with van der Waals surface area (Å²) in [7, 11) is 3.00. The van der Waals surface area contributed by atoms with Gasteiger partial charge in [-0.25, -0.2) is 5.43 Å². The first-order valence-electron chi connectivity index (χ1n) is 7.51. The van der Waals surface area contributed by atoms with Gasteiger partial charge in [-0.3, -0.25) is 9.59 Å². The molecule has 25 heavy (non-hydrogen) atoms. The number of amides is 2. The molecule has 2 rings (SSSR count). The molecule has 0 spiro atoms. The quantitative estimate of drug-likeness (QED) is 0.591. The van der Waals surface area contributed by atoms with E-state index in [9.17, 15) is 9.59 Å². The number of hydrogen-bond donors (Lipinski definition) is 2. The van der Waals surface area contributed by atoms with E-state index in [4.69, 9.17) is 9.47 Å². The molecule has 7 nitrogen and oxygen atoms in total. The molecule has 0 aromatic heterocycles. The molecule has 0 aliphatic carbocycles. The molecular weight excluding hydrogens is 322 g/mol. The number of carbonyl (C=O) groups is 2. The fraction of sp³-hybridized carbons (Fsp3) is 0.167. The van der Waals surface area contributed by atoms with E-state index in [-0.39, 0.29) is 6.54 Å². The predicted octanol–water partition coefficient (Wildman–Crippen LogP) is 1.58. The van der Waals surface area contributed by atoms with Crippen molar-refractivity contribution in [3.63, 3.8) is 0 Å². The van der Waals surface area contributed by atoms with E-state index in [1.54, 1.807) is 18.2 Å². The van der Waals surface area contributed by atoms with Crippen LogP contribution in [0.1, 0.15) is 15.9 Å². The highest BCUT2D eigenvalue weighted by molar-refractivity contribution is 5.97. The summed E-state index contributed by atoms with van der Waals surface area (Å²) in [6, 6.07) is 14.1. The minimum Gasteiger partial charge on any atom is -0.493 e. The van der Waals surface area contributed by atoms with Crippen molar-refractivity contribution in [3.8, 4) is 11.5 Å². The number of methoxy groups -OCH3 is 2. The van der Waals surface area contributed by atoms with E-state index in [1.165, 1.54) is 20.4 Å². The average Bonchev–Trinajstić information content (AvgIpc) is 2.66. The molecule has 130 valence electrons. The average molecular weight is 341 g/mol. The van der Waals surface area contributed by atoms with Crippen LogP contribution in [0.5, 0.6) is 11.5 Å². The van der Waals surface area contributed by atoms with Crippen LogP contribution in [0.25, 0.3) is 0 Å². The fourth-order valence-electron chi connectivity index (χ4n) is 2.00. The van der Waals surface area contributed by atoms with E-state index in [2.05, 4.69) is 15.8 Å². The van der Waals surface area contributed by atoms with Crippen molar-refractivity contribution in [2.75, 3.05) is 20.8 Å². The zero-order valence-electron chi connectivity index (χ0n) is 14.0. The third-order valence-electron chi connectivity index (χ3n) is 3.26. The number of ether oxygens (including phenoxy) is 2. The summed E-state index contributed by atoms with van der Waals surface area (Å²) in [5.41, 5.74) is 3.57. The van der Waals surface area contributed by atoms with E-state index >= 15 is 0 Å². The number of hydrogen-bond acceptors (Lipinski definition) is 5. The molecule has 0 radical (unpaired) electrons. The number of nitrogens with zero attached hydrogens (tertiary/aromatic N) is 1. The fourth-order valence-corrected chi connectivity index (χ4v) is 2.00. The smallest absolute Gasteiger partial charge is 0.259 e. The lowest BCUT2D eigenvalue weighted by molar-refractivity contribution is -0.120. The van der Waals surface area contributed by atoms with Crippen molar-refractivity contribution in [1.82, 2.24) is 10.7 Å². The Bertz CT molecular complexity index is 760. The Morgan fingerprint density at radius 1 is 1.04 bits per heavy atom. The van der Waals surface area contributed by atoms with E-state index < -0.39 is 11.8 Å². The van der Waals surface area contributed by atoms with Gasteiger partial charge in [-0.2, -0.15) is 5.10 Å². The van der Waals surface area contributed by atoms with Crippen LogP contribution in [0.15, 0.2) is 53.6 Å². The van der Waals surface area contributed by atoms with Crippen molar-refractivity contribution in [1.29, 1.82) is 0 Å². The van der Waals surface area contributed by atoms with E-state index in [0.29, 0.717) is 17.1 Å². The van der Waals surface area contributed by atoms with Crippen LogP contribution in [0, 0.1) is 0 Å². The van der Waals surface area contributed by atoms with Gasteiger partial charge in [0, 0.05) is 5.56 Å². The Labute approximate surface area is 145 Å². The number of hydrazone groups is 1. The maximum absolute atomic E-state index is 12.1. The van der Waals surface area contributed by atoms with Gasteiger partial charge in [0.05, 0.1) is 27.0 Å². The zero-order valence-corrected chi connectivity index (χ0v) is 14.0. The zero-order chi connectivity index (χ0) is 18.1. The molecule has 0 fully saturated rings. The van der Waals surface area contributed by atoms with Gasteiger partial charge in [0.15, 0.2) is 11.5 Å². The Hall–Kier alpha value is -3.35. The van der Waals surface area contributed by atoms with E-state index in [1.807, 2.05) is 30.3 Å². The molecule has 2 aromatic rings. The summed E-state index contributed by atoms with van der Waals surface area (Å²) in [5.74, 6) is 0.128. The molecule has 0 unspecified atom stereocenters. The maximum Gasteiger partial charge on any atom is 0.259 e. The van der Waals surface area contributed by atoms with Crippen molar-refractivity contribution in [2.24, 2.45) is 5.10 Å². The lowest BCUT2D eigenvalue weighted by Crippen LogP contribution is -2.34. The second kappa shape index (κ2) is 9.07. The Kier molecular flexibility index (Phi) is 6.53. The van der Waals surface area contributed by atoms with Crippen LogP contribution in [-0.2, 0) is 4.79 Å². The molecule has 2 N–H and O–H groups in total. The monoisotopic (exact) mass is 341 g/mol. The van der Waals surface area contributed by atoms with Gasteiger partial charge < -0.3 is 14.8 Å². The molecule has 7 heteroatoms.